The number of nitrogens with zero attached hydrogens (tertiary/aromatic N) is 3. The third-order valence-corrected chi connectivity index (χ3v) is 5.60. The van der Waals surface area contributed by atoms with Gasteiger partial charge in [0.1, 0.15) is 11.5 Å². The number of likely N-dealkylation sites (tertiary alicyclic amines) is 1. The predicted octanol–water partition coefficient (Wildman–Crippen LogP) is 3.73. The number of aromatic nitrogens is 2. The first-order valence-electron chi connectivity index (χ1n) is 10.7. The van der Waals surface area contributed by atoms with Gasteiger partial charge < -0.3 is 24.2 Å². The molecule has 9 nitrogen and oxygen atoms in total. The van der Waals surface area contributed by atoms with Crippen LogP contribution >= 0.6 is 0 Å². The van der Waals surface area contributed by atoms with Crippen molar-refractivity contribution in [2.75, 3.05) is 32.6 Å². The van der Waals surface area contributed by atoms with Crippen molar-refractivity contribution in [2.45, 2.75) is 25.7 Å². The fourth-order valence-corrected chi connectivity index (χ4v) is 3.93. The van der Waals surface area contributed by atoms with E-state index in [2.05, 4.69) is 15.5 Å². The second kappa shape index (κ2) is 9.72. The minimum atomic E-state index is -0.131. The number of carbonyl (C=O) groups is 2. The first kappa shape index (κ1) is 22.3. The molecule has 1 atom stereocenters. The Morgan fingerprint density at radius 1 is 1.12 bits per heavy atom. The van der Waals surface area contributed by atoms with Gasteiger partial charge in [0.15, 0.2) is 0 Å². The molecule has 1 N–H and O–H groups in total. The van der Waals surface area contributed by atoms with Crippen LogP contribution in [0, 0.1) is 0 Å². The molecule has 0 saturated carbocycles. The molecule has 1 aliphatic heterocycles. The summed E-state index contributed by atoms with van der Waals surface area (Å²) in [6.07, 6.45) is 1.69. The smallest absolute Gasteiger partial charge is 0.257 e. The largest absolute Gasteiger partial charge is 0.497 e. The summed E-state index contributed by atoms with van der Waals surface area (Å²) in [5, 5.41) is 6.84. The van der Waals surface area contributed by atoms with Crippen molar-refractivity contribution in [1.82, 2.24) is 15.0 Å². The molecule has 4 rings (SSSR count). The van der Waals surface area contributed by atoms with Crippen molar-refractivity contribution in [2.24, 2.45) is 0 Å². The van der Waals surface area contributed by atoms with Crippen LogP contribution in [0.4, 0.5) is 5.69 Å². The highest BCUT2D eigenvalue weighted by molar-refractivity contribution is 5.97. The number of carbonyl (C=O) groups excluding carboxylic acids is 2. The van der Waals surface area contributed by atoms with E-state index in [4.69, 9.17) is 14.0 Å². The lowest BCUT2D eigenvalue weighted by molar-refractivity contribution is -0.114. The van der Waals surface area contributed by atoms with Crippen LogP contribution in [0.1, 0.15) is 41.9 Å². The van der Waals surface area contributed by atoms with E-state index in [1.807, 2.05) is 12.1 Å². The molecule has 2 amide bonds. The number of amides is 2. The summed E-state index contributed by atoms with van der Waals surface area (Å²) in [6, 6.07) is 12.4. The van der Waals surface area contributed by atoms with E-state index in [0.29, 0.717) is 47.6 Å². The molecular formula is C24H26N4O5. The van der Waals surface area contributed by atoms with Gasteiger partial charge in [0, 0.05) is 37.3 Å². The first-order chi connectivity index (χ1) is 16.0. The maximum Gasteiger partial charge on any atom is 0.257 e. The van der Waals surface area contributed by atoms with Crippen LogP contribution < -0.4 is 14.8 Å². The van der Waals surface area contributed by atoms with E-state index in [1.165, 1.54) is 14.0 Å². The molecule has 1 saturated heterocycles. The zero-order chi connectivity index (χ0) is 23.4. The van der Waals surface area contributed by atoms with Gasteiger partial charge in [-0.2, -0.15) is 4.98 Å². The van der Waals surface area contributed by atoms with Gasteiger partial charge in [-0.1, -0.05) is 5.16 Å². The summed E-state index contributed by atoms with van der Waals surface area (Å²) >= 11 is 0. The lowest BCUT2D eigenvalue weighted by Crippen LogP contribution is -2.39. The van der Waals surface area contributed by atoms with Gasteiger partial charge in [0.25, 0.3) is 5.91 Å². The molecule has 1 aliphatic rings. The van der Waals surface area contributed by atoms with Gasteiger partial charge in [-0.05, 0) is 49.2 Å². The highest BCUT2D eigenvalue weighted by Crippen LogP contribution is 2.31. The van der Waals surface area contributed by atoms with E-state index in [0.717, 1.165) is 18.4 Å². The Hall–Kier alpha value is -3.88. The van der Waals surface area contributed by atoms with Crippen LogP contribution in [-0.2, 0) is 4.79 Å². The number of methoxy groups -OCH3 is 2. The number of hydrogen-bond acceptors (Lipinski definition) is 7. The number of piperidine rings is 1. The van der Waals surface area contributed by atoms with Crippen LogP contribution in [-0.4, -0.2) is 54.2 Å². The number of benzene rings is 2. The minimum absolute atomic E-state index is 0.0492. The molecule has 0 aliphatic carbocycles. The number of hydrogen-bond donors (Lipinski definition) is 1. The van der Waals surface area contributed by atoms with Crippen molar-refractivity contribution in [1.29, 1.82) is 0 Å². The molecular weight excluding hydrogens is 424 g/mol. The molecule has 3 aromatic rings. The van der Waals surface area contributed by atoms with E-state index >= 15 is 0 Å². The van der Waals surface area contributed by atoms with E-state index in [9.17, 15) is 9.59 Å². The fraction of sp³-hybridized carbons (Fsp3) is 0.333. The molecule has 2 heterocycles. The van der Waals surface area contributed by atoms with Crippen LogP contribution in [0.25, 0.3) is 11.4 Å². The van der Waals surface area contributed by atoms with Gasteiger partial charge in [-0.15, -0.1) is 0 Å². The lowest BCUT2D eigenvalue weighted by atomic mass is 9.97. The quantitative estimate of drug-likeness (QED) is 0.610. The normalized spacial score (nSPS) is 15.7. The molecule has 172 valence electrons. The molecule has 0 bridgehead atoms. The summed E-state index contributed by atoms with van der Waals surface area (Å²) in [5.74, 6) is 1.80. The van der Waals surface area contributed by atoms with Crippen molar-refractivity contribution < 1.29 is 23.6 Å². The predicted molar refractivity (Wildman–Crippen MR) is 121 cm³/mol. The average Bonchev–Trinajstić information content (AvgIpc) is 3.34. The molecule has 1 fully saturated rings. The van der Waals surface area contributed by atoms with Crippen molar-refractivity contribution in [3.05, 3.63) is 53.9 Å². The SMILES string of the molecule is COc1ccc(C(=O)N2CCC[C@@H](c3nc(-c4ccc(NC(C)=O)cc4)no3)C2)c(OC)c1. The Kier molecular flexibility index (Phi) is 6.58. The third kappa shape index (κ3) is 4.97. The zero-order valence-corrected chi connectivity index (χ0v) is 18.8. The first-order valence-corrected chi connectivity index (χ1v) is 10.7. The molecule has 9 heteroatoms. The van der Waals surface area contributed by atoms with Gasteiger partial charge in [-0.3, -0.25) is 9.59 Å². The van der Waals surface area contributed by atoms with Crippen LogP contribution in [0.5, 0.6) is 11.5 Å². The molecule has 0 radical (unpaired) electrons. The molecule has 0 unspecified atom stereocenters. The van der Waals surface area contributed by atoms with Gasteiger partial charge >= 0.3 is 0 Å². The van der Waals surface area contributed by atoms with E-state index in [1.54, 1.807) is 42.3 Å². The highest BCUT2D eigenvalue weighted by atomic mass is 16.5. The standard InChI is InChI=1S/C24H26N4O5/c1-15(29)25-18-8-6-16(7-9-18)22-26-23(33-27-22)17-5-4-12-28(14-17)24(30)20-11-10-19(31-2)13-21(20)32-3/h6-11,13,17H,4-5,12,14H2,1-3H3,(H,25,29)/t17-/m1/s1. The Bertz CT molecular complexity index is 1140. The second-order valence-electron chi connectivity index (χ2n) is 7.87. The average molecular weight is 450 g/mol. The molecule has 0 spiro atoms. The third-order valence-electron chi connectivity index (χ3n) is 5.60. The lowest BCUT2D eigenvalue weighted by Gasteiger charge is -2.31. The molecule has 1 aromatic heterocycles. The Labute approximate surface area is 191 Å². The summed E-state index contributed by atoms with van der Waals surface area (Å²) < 4.78 is 16.2. The topological polar surface area (TPSA) is 107 Å². The monoisotopic (exact) mass is 450 g/mol. The fourth-order valence-electron chi connectivity index (χ4n) is 3.93. The Morgan fingerprint density at radius 2 is 1.91 bits per heavy atom. The summed E-state index contributed by atoms with van der Waals surface area (Å²) in [4.78, 5) is 30.8. The summed E-state index contributed by atoms with van der Waals surface area (Å²) in [5.41, 5.74) is 1.97. The summed E-state index contributed by atoms with van der Waals surface area (Å²) in [7, 11) is 3.11. The number of ether oxygens (including phenoxy) is 2. The minimum Gasteiger partial charge on any atom is -0.497 e. The maximum absolute atomic E-state index is 13.2. The van der Waals surface area contributed by atoms with Crippen molar-refractivity contribution in [3.63, 3.8) is 0 Å². The number of rotatable bonds is 6. The highest BCUT2D eigenvalue weighted by Gasteiger charge is 2.30. The van der Waals surface area contributed by atoms with Gasteiger partial charge in [0.05, 0.1) is 25.7 Å². The van der Waals surface area contributed by atoms with Crippen molar-refractivity contribution >= 4 is 17.5 Å². The van der Waals surface area contributed by atoms with Crippen molar-refractivity contribution in [3.8, 4) is 22.9 Å². The Balaban J connectivity index is 1.48. The van der Waals surface area contributed by atoms with E-state index < -0.39 is 0 Å². The Morgan fingerprint density at radius 3 is 2.61 bits per heavy atom. The van der Waals surface area contributed by atoms with Crippen LogP contribution in [0.15, 0.2) is 47.0 Å². The number of anilines is 1. The molecule has 2 aromatic carbocycles. The van der Waals surface area contributed by atoms with Crippen LogP contribution in [0.3, 0.4) is 0 Å². The van der Waals surface area contributed by atoms with Gasteiger partial charge in [0.2, 0.25) is 17.6 Å². The maximum atomic E-state index is 13.2. The molecule has 33 heavy (non-hydrogen) atoms. The second-order valence-corrected chi connectivity index (χ2v) is 7.87. The van der Waals surface area contributed by atoms with E-state index in [-0.39, 0.29) is 17.7 Å². The van der Waals surface area contributed by atoms with Gasteiger partial charge in [-0.25, -0.2) is 0 Å². The zero-order valence-electron chi connectivity index (χ0n) is 18.8. The van der Waals surface area contributed by atoms with Crippen LogP contribution in [0.2, 0.25) is 0 Å². The summed E-state index contributed by atoms with van der Waals surface area (Å²) in [6.45, 7) is 2.59. The number of nitrogens with one attached hydrogen (secondary N) is 1.